The van der Waals surface area contributed by atoms with Crippen molar-refractivity contribution in [2.24, 2.45) is 0 Å². The van der Waals surface area contributed by atoms with E-state index < -0.39 is 6.10 Å². The molecule has 2 fully saturated rings. The molecule has 2 aliphatic rings. The minimum atomic E-state index is -0.608. The molecule has 1 aromatic heterocycles. The number of fused-ring (bicyclic) bond motifs is 1. The van der Waals surface area contributed by atoms with Crippen molar-refractivity contribution < 1.29 is 19.4 Å². The Bertz CT molecular complexity index is 1280. The van der Waals surface area contributed by atoms with Gasteiger partial charge in [-0.15, -0.1) is 11.3 Å². The predicted octanol–water partition coefficient (Wildman–Crippen LogP) is 3.46. The lowest BCUT2D eigenvalue weighted by Gasteiger charge is -2.37. The number of hydrogen-bond donors (Lipinski definition) is 1. The summed E-state index contributed by atoms with van der Waals surface area (Å²) < 4.78 is 6.96. The number of aryl methyl sites for hydroxylation is 1. The van der Waals surface area contributed by atoms with Gasteiger partial charge >= 0.3 is 0 Å². The van der Waals surface area contributed by atoms with Gasteiger partial charge < -0.3 is 14.7 Å². The Morgan fingerprint density at radius 2 is 1.86 bits per heavy atom. The highest BCUT2D eigenvalue weighted by Gasteiger charge is 2.31. The van der Waals surface area contributed by atoms with Crippen molar-refractivity contribution in [1.82, 2.24) is 9.88 Å². The summed E-state index contributed by atoms with van der Waals surface area (Å²) in [5, 5.41) is 11.6. The van der Waals surface area contributed by atoms with E-state index in [0.717, 1.165) is 52.7 Å². The van der Waals surface area contributed by atoms with Gasteiger partial charge in [0.2, 0.25) is 11.8 Å². The van der Waals surface area contributed by atoms with E-state index in [1.165, 1.54) is 4.90 Å². The SMILES string of the molecule is C=Cc1ccc(N2C(=O)CCC2=O)cc1N1CCN(C[C@@H](O)COc2ccc3sc(C)nc3c2)CC1. The molecule has 0 aliphatic carbocycles. The van der Waals surface area contributed by atoms with E-state index in [1.807, 2.05) is 43.3 Å². The molecule has 3 heterocycles. The third kappa shape index (κ3) is 5.13. The number of ether oxygens (including phenoxy) is 1. The molecule has 0 saturated carbocycles. The number of carbonyl (C=O) groups is 2. The number of β-amino-alcohol motifs (C(OH)–C–C–N with tert-alkyl or cyclic N) is 1. The first-order valence-electron chi connectivity index (χ1n) is 12.2. The normalized spacial score (nSPS) is 17.7. The van der Waals surface area contributed by atoms with E-state index in [4.69, 9.17) is 4.74 Å². The van der Waals surface area contributed by atoms with Crippen LogP contribution in [0.2, 0.25) is 0 Å². The number of aromatic nitrogens is 1. The van der Waals surface area contributed by atoms with Gasteiger partial charge in [-0.1, -0.05) is 18.7 Å². The second-order valence-electron chi connectivity index (χ2n) is 9.19. The highest BCUT2D eigenvalue weighted by molar-refractivity contribution is 7.18. The third-order valence-electron chi connectivity index (χ3n) is 6.63. The van der Waals surface area contributed by atoms with E-state index in [2.05, 4.69) is 21.4 Å². The number of nitrogens with zero attached hydrogens (tertiary/aromatic N) is 4. The van der Waals surface area contributed by atoms with Crippen LogP contribution in [0.25, 0.3) is 16.3 Å². The van der Waals surface area contributed by atoms with E-state index in [1.54, 1.807) is 17.4 Å². The third-order valence-corrected chi connectivity index (χ3v) is 7.59. The zero-order chi connectivity index (χ0) is 25.2. The molecule has 188 valence electrons. The van der Waals surface area contributed by atoms with Crippen LogP contribution in [0.1, 0.15) is 23.4 Å². The van der Waals surface area contributed by atoms with Crippen molar-refractivity contribution in [3.63, 3.8) is 0 Å². The summed E-state index contributed by atoms with van der Waals surface area (Å²) in [5.74, 6) is 0.406. The number of aliphatic hydroxyl groups is 1. The maximum Gasteiger partial charge on any atom is 0.234 e. The molecule has 2 aromatic carbocycles. The fraction of sp³-hybridized carbons (Fsp3) is 0.370. The summed E-state index contributed by atoms with van der Waals surface area (Å²) in [5.41, 5.74) is 3.46. The van der Waals surface area contributed by atoms with Crippen LogP contribution in [0.15, 0.2) is 43.0 Å². The van der Waals surface area contributed by atoms with Crippen LogP contribution in [-0.4, -0.2) is 72.2 Å². The van der Waals surface area contributed by atoms with Crippen molar-refractivity contribution in [3.05, 3.63) is 53.5 Å². The predicted molar refractivity (Wildman–Crippen MR) is 143 cm³/mol. The molecule has 3 aromatic rings. The number of hydrogen-bond acceptors (Lipinski definition) is 8. The van der Waals surface area contributed by atoms with Crippen molar-refractivity contribution in [2.45, 2.75) is 25.9 Å². The van der Waals surface area contributed by atoms with Gasteiger partial charge in [0.25, 0.3) is 0 Å². The minimum absolute atomic E-state index is 0.153. The second kappa shape index (κ2) is 10.4. The molecule has 8 nitrogen and oxygen atoms in total. The Balaban J connectivity index is 1.16. The van der Waals surface area contributed by atoms with E-state index >= 15 is 0 Å². The van der Waals surface area contributed by atoms with E-state index in [9.17, 15) is 14.7 Å². The molecule has 1 atom stereocenters. The largest absolute Gasteiger partial charge is 0.491 e. The molecule has 36 heavy (non-hydrogen) atoms. The monoisotopic (exact) mass is 506 g/mol. The molecule has 2 aliphatic heterocycles. The summed E-state index contributed by atoms with van der Waals surface area (Å²) >= 11 is 1.65. The average molecular weight is 507 g/mol. The lowest BCUT2D eigenvalue weighted by molar-refractivity contribution is -0.121. The molecule has 0 spiro atoms. The van der Waals surface area contributed by atoms with Crippen molar-refractivity contribution >= 4 is 50.8 Å². The lowest BCUT2D eigenvalue weighted by atomic mass is 10.1. The first-order valence-corrected chi connectivity index (χ1v) is 13.0. The molecule has 9 heteroatoms. The molecule has 2 saturated heterocycles. The first-order chi connectivity index (χ1) is 17.4. The number of rotatable bonds is 8. The molecule has 0 radical (unpaired) electrons. The number of anilines is 2. The fourth-order valence-electron chi connectivity index (χ4n) is 4.81. The lowest BCUT2D eigenvalue weighted by Crippen LogP contribution is -2.49. The molecular weight excluding hydrogens is 476 g/mol. The molecule has 2 amide bonds. The van der Waals surface area contributed by atoms with Crippen molar-refractivity contribution in [2.75, 3.05) is 49.1 Å². The van der Waals surface area contributed by atoms with Crippen molar-refractivity contribution in [3.8, 4) is 5.75 Å². The number of aliphatic hydroxyl groups excluding tert-OH is 1. The van der Waals surface area contributed by atoms with Crippen LogP contribution in [0, 0.1) is 6.92 Å². The quantitative estimate of drug-likeness (QED) is 0.468. The van der Waals surface area contributed by atoms with Gasteiger partial charge in [0.15, 0.2) is 0 Å². The van der Waals surface area contributed by atoms with Gasteiger partial charge in [0.05, 0.1) is 20.9 Å². The maximum atomic E-state index is 12.2. The second-order valence-corrected chi connectivity index (χ2v) is 10.4. The van der Waals surface area contributed by atoms with Gasteiger partial charge in [-0.25, -0.2) is 4.98 Å². The zero-order valence-corrected chi connectivity index (χ0v) is 21.2. The fourth-order valence-corrected chi connectivity index (χ4v) is 5.62. The average Bonchev–Trinajstić information content (AvgIpc) is 3.42. The Labute approximate surface area is 214 Å². The summed E-state index contributed by atoms with van der Waals surface area (Å²) in [6, 6.07) is 11.5. The standard InChI is InChI=1S/C27H30N4O4S/c1-3-19-4-5-20(31-26(33)8-9-27(31)34)14-24(19)30-12-10-29(11-13-30)16-21(32)17-35-22-6-7-25-23(15-22)28-18(2)36-25/h3-7,14-15,21,32H,1,8-13,16-17H2,2H3/t21-/m1/s1. The van der Waals surface area contributed by atoms with Crippen LogP contribution in [0.3, 0.4) is 0 Å². The highest BCUT2D eigenvalue weighted by Crippen LogP contribution is 2.31. The summed E-state index contributed by atoms with van der Waals surface area (Å²) in [6.45, 7) is 9.74. The van der Waals surface area contributed by atoms with Crippen LogP contribution in [-0.2, 0) is 9.59 Å². The Hall–Kier alpha value is -3.27. The Morgan fingerprint density at radius 1 is 1.11 bits per heavy atom. The number of amides is 2. The van der Waals surface area contributed by atoms with Crippen LogP contribution >= 0.6 is 11.3 Å². The van der Waals surface area contributed by atoms with Gasteiger partial charge in [0.1, 0.15) is 18.5 Å². The number of benzene rings is 2. The van der Waals surface area contributed by atoms with Gasteiger partial charge in [0, 0.05) is 57.3 Å². The van der Waals surface area contributed by atoms with Gasteiger partial charge in [-0.2, -0.15) is 0 Å². The van der Waals surface area contributed by atoms with Crippen LogP contribution < -0.4 is 14.5 Å². The summed E-state index contributed by atoms with van der Waals surface area (Å²) in [6.07, 6.45) is 1.72. The van der Waals surface area contributed by atoms with Crippen LogP contribution in [0.5, 0.6) is 5.75 Å². The van der Waals surface area contributed by atoms with Crippen molar-refractivity contribution in [1.29, 1.82) is 0 Å². The topological polar surface area (TPSA) is 86.2 Å². The summed E-state index contributed by atoms with van der Waals surface area (Å²) in [7, 11) is 0. The number of thiazole rings is 1. The Kier molecular flexibility index (Phi) is 7.04. The Morgan fingerprint density at radius 3 is 2.58 bits per heavy atom. The number of piperazine rings is 1. The van der Waals surface area contributed by atoms with Crippen LogP contribution in [0.4, 0.5) is 11.4 Å². The van der Waals surface area contributed by atoms with Gasteiger partial charge in [-0.3, -0.25) is 19.4 Å². The summed E-state index contributed by atoms with van der Waals surface area (Å²) in [4.78, 5) is 34.7. The highest BCUT2D eigenvalue weighted by atomic mass is 32.1. The minimum Gasteiger partial charge on any atom is -0.491 e. The molecule has 0 unspecified atom stereocenters. The number of carbonyl (C=O) groups excluding carboxylic acids is 2. The molecule has 5 rings (SSSR count). The maximum absolute atomic E-state index is 12.2. The zero-order valence-electron chi connectivity index (χ0n) is 20.4. The molecular formula is C27H30N4O4S. The molecule has 0 bridgehead atoms. The van der Waals surface area contributed by atoms with Gasteiger partial charge in [-0.05, 0) is 36.8 Å². The number of imide groups is 1. The van der Waals surface area contributed by atoms with E-state index in [0.29, 0.717) is 18.0 Å². The first kappa shape index (κ1) is 24.4. The van der Waals surface area contributed by atoms with E-state index in [-0.39, 0.29) is 31.3 Å². The smallest absolute Gasteiger partial charge is 0.234 e. The molecule has 1 N–H and O–H groups in total.